The first kappa shape index (κ1) is 48.9. The molecule has 0 radical (unpaired) electrons. The number of hydrogen-bond donors (Lipinski definition) is 2. The van der Waals surface area contributed by atoms with E-state index in [1.807, 2.05) is 6.92 Å². The Kier molecular flexibility index (Phi) is 12.9. The predicted octanol–water partition coefficient (Wildman–Crippen LogP) is 10.3. The van der Waals surface area contributed by atoms with Gasteiger partial charge in [0.2, 0.25) is 0 Å². The van der Waals surface area contributed by atoms with Crippen LogP contribution in [0.2, 0.25) is 0 Å². The molecule has 0 aliphatic carbocycles. The lowest BCUT2D eigenvalue weighted by Gasteiger charge is -2.50. The average molecular weight is 1010 g/mol. The van der Waals surface area contributed by atoms with Crippen molar-refractivity contribution in [1.82, 2.24) is 9.97 Å². The quantitative estimate of drug-likeness (QED) is 0.132. The third-order valence-corrected chi connectivity index (χ3v) is 14.8. The number of piperidine rings is 2. The summed E-state index contributed by atoms with van der Waals surface area (Å²) in [5, 5.41) is 4.60. The lowest BCUT2D eigenvalue weighted by atomic mass is 9.71. The summed E-state index contributed by atoms with van der Waals surface area (Å²) in [4.78, 5) is 41.6. The molecule has 2 aromatic carbocycles. The summed E-state index contributed by atoms with van der Waals surface area (Å²) in [5.74, 6) is -7.39. The number of rotatable bonds is 12. The van der Waals surface area contributed by atoms with Gasteiger partial charge in [-0.2, -0.15) is 36.3 Å². The molecular weight excluding hydrogens is 959 g/mol. The molecule has 10 rings (SSSR count). The summed E-state index contributed by atoms with van der Waals surface area (Å²) in [6.45, 7) is 3.94. The Bertz CT molecular complexity index is 2580. The Morgan fingerprint density at radius 1 is 0.634 bits per heavy atom. The van der Waals surface area contributed by atoms with E-state index in [2.05, 4.69) is 20.6 Å². The second-order valence-electron chi connectivity index (χ2n) is 20.3. The maximum atomic E-state index is 16.0. The van der Waals surface area contributed by atoms with Gasteiger partial charge in [-0.1, -0.05) is 6.92 Å². The number of oxazole rings is 2. The number of nitrogens with one attached hydrogen (secondary N) is 2. The number of alkyl halides is 6. The molecule has 6 saturated heterocycles. The smallest absolute Gasteiger partial charge is 0.396 e. The summed E-state index contributed by atoms with van der Waals surface area (Å²) in [7, 11) is 0. The molecule has 8 heterocycles. The van der Waals surface area contributed by atoms with Crippen LogP contribution in [0.3, 0.4) is 0 Å². The largest absolute Gasteiger partial charge is 0.427 e. The number of nitrogens with zero attached hydrogens (tertiary/aromatic N) is 6. The maximum Gasteiger partial charge on any atom is 0.396 e. The highest BCUT2D eigenvalue weighted by Gasteiger charge is 2.49. The number of hydrogen-bond acceptors (Lipinski definition) is 11. The summed E-state index contributed by atoms with van der Waals surface area (Å²) in [6.07, 6.45) is -4.86. The first-order valence-electron chi connectivity index (χ1n) is 24.1. The summed E-state index contributed by atoms with van der Waals surface area (Å²) in [5.41, 5.74) is -2.78. The van der Waals surface area contributed by atoms with Crippen molar-refractivity contribution in [2.75, 3.05) is 69.6 Å². The van der Waals surface area contributed by atoms with Crippen LogP contribution in [0, 0.1) is 34.6 Å². The van der Waals surface area contributed by atoms with Crippen molar-refractivity contribution < 1.29 is 67.1 Å². The molecule has 0 spiro atoms. The molecule has 4 unspecified atom stereocenters. The molecule has 6 fully saturated rings. The van der Waals surface area contributed by atoms with Crippen LogP contribution in [-0.2, 0) is 17.6 Å². The number of fused-ring (bicyclic) bond motifs is 4. The van der Waals surface area contributed by atoms with E-state index in [-0.39, 0.29) is 83.4 Å². The molecule has 4 bridgehead atoms. The SMILES string of the molecule is CC1(CC2CC3CCC(C2)N3c2c(F)cc(NC(=O)c3nc(N4CCCOCC4)oc3CC(F)(F)F)cc2F)CN(c2nc(C(=O)Nc3cc(F)c(N4C5CCCC4CC5)c(F)c3)c(CC(F)(F)F)o2)C1. The third-order valence-electron chi connectivity index (χ3n) is 14.8. The minimum Gasteiger partial charge on any atom is -0.427 e. The van der Waals surface area contributed by atoms with Crippen LogP contribution in [0.5, 0.6) is 0 Å². The standard InChI is InChI=1S/C48H52F10N8O5/c1-46(23-64(24-46)45-62-39(37(71-45)22-48(56,57)58)43(68)60-26-16-32(49)40(33(50)17-26)65-28-4-2-5-29(65)7-6-28)20-25-14-30-8-9-31(15-25)66(30)41-34(51)18-27(19-35(41)52)59-42(67)38-36(21-47(53,54)55)70-44(61-38)63-10-3-12-69-13-11-63/h16-19,25,28-31H,2-15,20-24H2,1H3,(H,59,67)(H,60,68). The molecule has 23 heteroatoms. The summed E-state index contributed by atoms with van der Waals surface area (Å²) >= 11 is 0. The highest BCUT2D eigenvalue weighted by Crippen LogP contribution is 2.49. The second kappa shape index (κ2) is 18.7. The number of ether oxygens (including phenoxy) is 1. The van der Waals surface area contributed by atoms with Gasteiger partial charge < -0.3 is 43.8 Å². The highest BCUT2D eigenvalue weighted by molar-refractivity contribution is 6.04. The number of amides is 2. The zero-order valence-corrected chi connectivity index (χ0v) is 38.6. The van der Waals surface area contributed by atoms with E-state index >= 15 is 17.6 Å². The van der Waals surface area contributed by atoms with Gasteiger partial charge in [0.15, 0.2) is 34.7 Å². The Hall–Kier alpha value is -5.74. The molecule has 2 aromatic heterocycles. The van der Waals surface area contributed by atoms with Gasteiger partial charge in [0, 0.05) is 73.7 Å². The van der Waals surface area contributed by atoms with Gasteiger partial charge in [-0.05, 0) is 101 Å². The lowest BCUT2D eigenvalue weighted by molar-refractivity contribution is -0.131. The molecule has 384 valence electrons. The van der Waals surface area contributed by atoms with Crippen molar-refractivity contribution in [2.24, 2.45) is 11.3 Å². The second-order valence-corrected chi connectivity index (χ2v) is 20.3. The molecule has 6 aliphatic rings. The number of halogens is 10. The normalized spacial score (nSPS) is 24.3. The van der Waals surface area contributed by atoms with E-state index in [0.717, 1.165) is 56.4 Å². The van der Waals surface area contributed by atoms with Crippen molar-refractivity contribution in [3.8, 4) is 0 Å². The van der Waals surface area contributed by atoms with Crippen molar-refractivity contribution in [1.29, 1.82) is 0 Å². The maximum absolute atomic E-state index is 16.0. The first-order valence-corrected chi connectivity index (χ1v) is 24.1. The lowest BCUT2D eigenvalue weighted by Crippen LogP contribution is -2.56. The van der Waals surface area contributed by atoms with Gasteiger partial charge in [-0.3, -0.25) is 9.59 Å². The Morgan fingerprint density at radius 3 is 1.56 bits per heavy atom. The van der Waals surface area contributed by atoms with Crippen LogP contribution in [0.1, 0.15) is 110 Å². The minimum atomic E-state index is -4.78. The number of carbonyl (C=O) groups excluding carboxylic acids is 2. The van der Waals surface area contributed by atoms with E-state index in [9.17, 15) is 35.9 Å². The molecule has 6 aliphatic heterocycles. The van der Waals surface area contributed by atoms with Crippen LogP contribution in [0.25, 0.3) is 0 Å². The van der Waals surface area contributed by atoms with Crippen molar-refractivity contribution in [2.45, 2.75) is 127 Å². The van der Waals surface area contributed by atoms with Gasteiger partial charge in [0.1, 0.15) is 35.7 Å². The van der Waals surface area contributed by atoms with Gasteiger partial charge >= 0.3 is 12.4 Å². The fraction of sp³-hybridized carbons (Fsp3) is 0.583. The highest BCUT2D eigenvalue weighted by atomic mass is 19.4. The molecule has 2 N–H and O–H groups in total. The van der Waals surface area contributed by atoms with Crippen molar-refractivity contribution in [3.05, 3.63) is 70.4 Å². The van der Waals surface area contributed by atoms with Crippen LogP contribution >= 0.6 is 0 Å². The summed E-state index contributed by atoms with van der Waals surface area (Å²) in [6, 6.07) is 2.83. The molecule has 2 amide bonds. The topological polar surface area (TPSA) is 132 Å². The number of benzene rings is 2. The Labute approximate surface area is 401 Å². The fourth-order valence-corrected chi connectivity index (χ4v) is 12.1. The minimum absolute atomic E-state index is 0.00778. The summed E-state index contributed by atoms with van der Waals surface area (Å²) < 4.78 is 161. The zero-order chi connectivity index (χ0) is 50.1. The first-order chi connectivity index (χ1) is 33.7. The van der Waals surface area contributed by atoms with Crippen LogP contribution in [0.15, 0.2) is 33.1 Å². The molecule has 4 atom stereocenters. The molecule has 4 aromatic rings. The molecule has 13 nitrogen and oxygen atoms in total. The predicted molar refractivity (Wildman–Crippen MR) is 239 cm³/mol. The van der Waals surface area contributed by atoms with Gasteiger partial charge in [-0.15, -0.1) is 0 Å². The van der Waals surface area contributed by atoms with E-state index in [0.29, 0.717) is 64.8 Å². The number of aromatic nitrogens is 2. The van der Waals surface area contributed by atoms with Crippen LogP contribution in [0.4, 0.5) is 78.7 Å². The molecule has 0 saturated carbocycles. The molecule has 71 heavy (non-hydrogen) atoms. The molecular formula is C48H52F10N8O5. The Morgan fingerprint density at radius 2 is 1.08 bits per heavy atom. The van der Waals surface area contributed by atoms with Gasteiger partial charge in [0.25, 0.3) is 23.8 Å². The van der Waals surface area contributed by atoms with Gasteiger partial charge in [0.05, 0.1) is 6.61 Å². The number of carbonyl (C=O) groups is 2. The van der Waals surface area contributed by atoms with Crippen molar-refractivity contribution >= 4 is 46.6 Å². The van der Waals surface area contributed by atoms with E-state index in [1.54, 1.807) is 19.6 Å². The third kappa shape index (κ3) is 10.2. The van der Waals surface area contributed by atoms with E-state index in [1.165, 1.54) is 0 Å². The Balaban J connectivity index is 0.777. The fourth-order valence-electron chi connectivity index (χ4n) is 12.1. The zero-order valence-electron chi connectivity index (χ0n) is 38.6. The van der Waals surface area contributed by atoms with Crippen LogP contribution < -0.4 is 30.2 Å². The van der Waals surface area contributed by atoms with Crippen molar-refractivity contribution in [3.63, 3.8) is 0 Å². The average Bonchev–Trinajstić information content (AvgIpc) is 3.91. The van der Waals surface area contributed by atoms with Crippen LogP contribution in [-0.4, -0.2) is 97.7 Å². The van der Waals surface area contributed by atoms with Gasteiger partial charge in [-0.25, -0.2) is 17.6 Å². The monoisotopic (exact) mass is 1010 g/mol. The number of anilines is 6. The van der Waals surface area contributed by atoms with E-state index < -0.39 is 83.2 Å². The van der Waals surface area contributed by atoms with E-state index in [4.69, 9.17) is 13.6 Å².